The molecular weight excluding hydrogens is 341 g/mol. The number of nitrogens with zero attached hydrogens (tertiary/aromatic N) is 1. The summed E-state index contributed by atoms with van der Waals surface area (Å²) in [5.74, 6) is -0.954. The molecule has 0 atom stereocenters. The molecule has 0 spiro atoms. The van der Waals surface area contributed by atoms with Gasteiger partial charge in [-0.25, -0.2) is 8.78 Å². The predicted molar refractivity (Wildman–Crippen MR) is 57.6 cm³/mol. The van der Waals surface area contributed by atoms with Crippen molar-refractivity contribution in [3.63, 3.8) is 0 Å². The molecule has 0 bridgehead atoms. The highest BCUT2D eigenvalue weighted by molar-refractivity contribution is 9.10. The molecular formula is C10H7BrF5NO2. The lowest BCUT2D eigenvalue weighted by Gasteiger charge is -2.16. The minimum atomic E-state index is -4.99. The van der Waals surface area contributed by atoms with Crippen LogP contribution in [0.2, 0.25) is 0 Å². The molecule has 0 aliphatic carbocycles. The second kappa shape index (κ2) is 5.81. The van der Waals surface area contributed by atoms with Gasteiger partial charge in [0.25, 0.3) is 6.43 Å². The standard InChI is InChI=1S/C10H7BrF5NO2/c1-19-6(18)2-5-7(9(12)13)8(10(14,15)16)4(11)3-17-5/h3,9H,2H2,1H3. The second-order valence-corrected chi connectivity index (χ2v) is 4.25. The maximum absolute atomic E-state index is 12.8. The molecule has 0 unspecified atom stereocenters. The number of aromatic nitrogens is 1. The first-order valence-corrected chi connectivity index (χ1v) is 5.57. The van der Waals surface area contributed by atoms with E-state index in [0.29, 0.717) is 0 Å². The number of halogens is 6. The van der Waals surface area contributed by atoms with Crippen molar-refractivity contribution in [3.8, 4) is 0 Å². The van der Waals surface area contributed by atoms with Crippen LogP contribution in [0.5, 0.6) is 0 Å². The van der Waals surface area contributed by atoms with E-state index in [0.717, 1.165) is 13.3 Å². The van der Waals surface area contributed by atoms with Gasteiger partial charge in [0.2, 0.25) is 0 Å². The summed E-state index contributed by atoms with van der Waals surface area (Å²) in [4.78, 5) is 14.4. The summed E-state index contributed by atoms with van der Waals surface area (Å²) in [5.41, 5.74) is -3.50. The summed E-state index contributed by atoms with van der Waals surface area (Å²) in [6.45, 7) is 0. The molecule has 0 saturated heterocycles. The largest absolute Gasteiger partial charge is 0.469 e. The highest BCUT2D eigenvalue weighted by Gasteiger charge is 2.40. The monoisotopic (exact) mass is 347 g/mol. The van der Waals surface area contributed by atoms with Crippen molar-refractivity contribution in [3.05, 3.63) is 27.5 Å². The molecule has 3 nitrogen and oxygen atoms in total. The van der Waals surface area contributed by atoms with Gasteiger partial charge < -0.3 is 4.74 Å². The van der Waals surface area contributed by atoms with Gasteiger partial charge in [0, 0.05) is 10.7 Å². The van der Waals surface area contributed by atoms with Crippen LogP contribution in [0.15, 0.2) is 10.7 Å². The lowest BCUT2D eigenvalue weighted by Crippen LogP contribution is -2.17. The molecule has 106 valence electrons. The fraction of sp³-hybridized carbons (Fsp3) is 0.400. The van der Waals surface area contributed by atoms with E-state index in [4.69, 9.17) is 0 Å². The van der Waals surface area contributed by atoms with Gasteiger partial charge in [0.15, 0.2) is 0 Å². The Morgan fingerprint density at radius 2 is 2.05 bits per heavy atom. The van der Waals surface area contributed by atoms with Crippen molar-refractivity contribution >= 4 is 21.9 Å². The van der Waals surface area contributed by atoms with Gasteiger partial charge in [-0.05, 0) is 15.9 Å². The number of methoxy groups -OCH3 is 1. The van der Waals surface area contributed by atoms with Crippen molar-refractivity contribution in [1.29, 1.82) is 0 Å². The summed E-state index contributed by atoms with van der Waals surface area (Å²) in [6.07, 6.45) is -8.43. The highest BCUT2D eigenvalue weighted by atomic mass is 79.9. The van der Waals surface area contributed by atoms with Crippen LogP contribution in [0.4, 0.5) is 22.0 Å². The van der Waals surface area contributed by atoms with E-state index in [1.54, 1.807) is 0 Å². The number of hydrogen-bond donors (Lipinski definition) is 0. The first-order chi connectivity index (χ1) is 8.68. The molecule has 19 heavy (non-hydrogen) atoms. The summed E-state index contributed by atoms with van der Waals surface area (Å²) < 4.78 is 67.6. The molecule has 9 heteroatoms. The van der Waals surface area contributed by atoms with E-state index in [1.165, 1.54) is 0 Å². The fourth-order valence-corrected chi connectivity index (χ4v) is 1.96. The Labute approximate surface area is 112 Å². The van der Waals surface area contributed by atoms with Crippen molar-refractivity contribution in [1.82, 2.24) is 4.98 Å². The molecule has 1 rings (SSSR count). The number of esters is 1. The smallest absolute Gasteiger partial charge is 0.418 e. The first-order valence-electron chi connectivity index (χ1n) is 4.78. The zero-order valence-electron chi connectivity index (χ0n) is 9.39. The molecule has 0 N–H and O–H groups in total. The van der Waals surface area contributed by atoms with Crippen molar-refractivity contribution in [2.75, 3.05) is 7.11 Å². The third-order valence-corrected chi connectivity index (χ3v) is 2.80. The van der Waals surface area contributed by atoms with Crippen LogP contribution in [0.3, 0.4) is 0 Å². The molecule has 0 aliphatic heterocycles. The minimum absolute atomic E-state index is 0.607. The summed E-state index contributed by atoms with van der Waals surface area (Å²) >= 11 is 2.54. The number of ether oxygens (including phenoxy) is 1. The Balaban J connectivity index is 3.46. The third-order valence-electron chi connectivity index (χ3n) is 2.19. The number of carbonyl (C=O) groups excluding carboxylic acids is 1. The van der Waals surface area contributed by atoms with E-state index in [2.05, 4.69) is 25.7 Å². The number of carbonyl (C=O) groups is 1. The molecule has 1 heterocycles. The van der Waals surface area contributed by atoms with Gasteiger partial charge in [0.05, 0.1) is 30.4 Å². The summed E-state index contributed by atoms with van der Waals surface area (Å²) in [7, 11) is 0.994. The van der Waals surface area contributed by atoms with Gasteiger partial charge in [0.1, 0.15) is 0 Å². The molecule has 0 aromatic carbocycles. The minimum Gasteiger partial charge on any atom is -0.469 e. The topological polar surface area (TPSA) is 39.2 Å². The lowest BCUT2D eigenvalue weighted by molar-refractivity contribution is -0.142. The Morgan fingerprint density at radius 3 is 2.47 bits per heavy atom. The molecule has 0 saturated carbocycles. The van der Waals surface area contributed by atoms with Crippen LogP contribution in [0, 0.1) is 0 Å². The zero-order chi connectivity index (χ0) is 14.8. The zero-order valence-corrected chi connectivity index (χ0v) is 11.0. The molecule has 0 aliphatic rings. The third kappa shape index (κ3) is 3.62. The normalized spacial score (nSPS) is 11.8. The Bertz CT molecular complexity index is 490. The predicted octanol–water partition coefficient (Wildman–Crippen LogP) is 3.52. The number of hydrogen-bond acceptors (Lipinski definition) is 3. The quantitative estimate of drug-likeness (QED) is 0.620. The average Bonchev–Trinajstić information content (AvgIpc) is 2.28. The van der Waals surface area contributed by atoms with Crippen LogP contribution in [-0.4, -0.2) is 18.1 Å². The average molecular weight is 348 g/mol. The Morgan fingerprint density at radius 1 is 1.47 bits per heavy atom. The molecule has 0 radical (unpaired) electrons. The van der Waals surface area contributed by atoms with Crippen LogP contribution in [0.25, 0.3) is 0 Å². The molecule has 0 amide bonds. The van der Waals surface area contributed by atoms with E-state index in [1.807, 2.05) is 0 Å². The number of rotatable bonds is 3. The van der Waals surface area contributed by atoms with Gasteiger partial charge in [-0.15, -0.1) is 0 Å². The summed E-state index contributed by atoms with van der Waals surface area (Å²) in [5, 5.41) is 0. The van der Waals surface area contributed by atoms with Gasteiger partial charge >= 0.3 is 12.1 Å². The lowest BCUT2D eigenvalue weighted by atomic mass is 10.0. The summed E-state index contributed by atoms with van der Waals surface area (Å²) in [6, 6.07) is 0. The van der Waals surface area contributed by atoms with Crippen molar-refractivity contribution in [2.24, 2.45) is 0 Å². The molecule has 0 fully saturated rings. The molecule has 1 aromatic heterocycles. The van der Waals surface area contributed by atoms with E-state index >= 15 is 0 Å². The van der Waals surface area contributed by atoms with E-state index in [9.17, 15) is 26.7 Å². The SMILES string of the molecule is COC(=O)Cc1ncc(Br)c(C(F)(F)F)c1C(F)F. The van der Waals surface area contributed by atoms with E-state index in [-0.39, 0.29) is 0 Å². The van der Waals surface area contributed by atoms with Crippen LogP contribution in [0.1, 0.15) is 23.2 Å². The van der Waals surface area contributed by atoms with Gasteiger partial charge in [-0.1, -0.05) is 0 Å². The highest BCUT2D eigenvalue weighted by Crippen LogP contribution is 2.41. The maximum atomic E-state index is 12.8. The van der Waals surface area contributed by atoms with Crippen LogP contribution >= 0.6 is 15.9 Å². The Hall–Kier alpha value is -1.25. The van der Waals surface area contributed by atoms with Crippen LogP contribution < -0.4 is 0 Å². The Kier molecular flexibility index (Phi) is 4.83. The number of alkyl halides is 5. The second-order valence-electron chi connectivity index (χ2n) is 3.39. The number of pyridine rings is 1. The van der Waals surface area contributed by atoms with E-state index < -0.39 is 46.3 Å². The molecule has 1 aromatic rings. The van der Waals surface area contributed by atoms with Crippen molar-refractivity contribution < 1.29 is 31.5 Å². The maximum Gasteiger partial charge on any atom is 0.418 e. The van der Waals surface area contributed by atoms with Crippen LogP contribution in [-0.2, 0) is 22.1 Å². The van der Waals surface area contributed by atoms with Gasteiger partial charge in [-0.2, -0.15) is 13.2 Å². The van der Waals surface area contributed by atoms with Crippen molar-refractivity contribution in [2.45, 2.75) is 19.0 Å². The van der Waals surface area contributed by atoms with Gasteiger partial charge in [-0.3, -0.25) is 9.78 Å². The fourth-order valence-electron chi connectivity index (χ4n) is 1.41. The first kappa shape index (κ1) is 15.8.